The molecular formula is C11H17F2N3O2S. The highest BCUT2D eigenvalue weighted by molar-refractivity contribution is 7.89. The van der Waals surface area contributed by atoms with Gasteiger partial charge in [-0.05, 0) is 33.2 Å². The van der Waals surface area contributed by atoms with Crippen molar-refractivity contribution >= 4 is 15.7 Å². The molecule has 0 amide bonds. The van der Waals surface area contributed by atoms with E-state index < -0.39 is 26.6 Å². The number of likely N-dealkylation sites (N-methyl/N-ethyl adjacent to an activating group) is 1. The van der Waals surface area contributed by atoms with Gasteiger partial charge in [0.1, 0.15) is 4.90 Å². The van der Waals surface area contributed by atoms with E-state index >= 15 is 0 Å². The molecule has 0 bridgehead atoms. The fourth-order valence-electron chi connectivity index (χ4n) is 1.27. The standard InChI is InChI=1S/C11H17F2N3O2S/c1-7(16(2)3)6-15-19(17,18)10-5-8(14)4-9(12)11(10)13/h4-5,7,15H,6,14H2,1-3H3. The second kappa shape index (κ2) is 5.81. The van der Waals surface area contributed by atoms with Crippen molar-refractivity contribution < 1.29 is 17.2 Å². The summed E-state index contributed by atoms with van der Waals surface area (Å²) in [5, 5.41) is 0. The molecule has 1 aromatic carbocycles. The topological polar surface area (TPSA) is 75.4 Å². The van der Waals surface area contributed by atoms with Gasteiger partial charge in [-0.3, -0.25) is 0 Å². The van der Waals surface area contributed by atoms with Crippen LogP contribution in [0.4, 0.5) is 14.5 Å². The summed E-state index contributed by atoms with van der Waals surface area (Å²) in [7, 11) is -0.581. The second-order valence-electron chi connectivity index (χ2n) is 4.48. The van der Waals surface area contributed by atoms with Gasteiger partial charge in [-0.15, -0.1) is 0 Å². The molecule has 0 heterocycles. The average molecular weight is 293 g/mol. The number of nitrogens with one attached hydrogen (secondary N) is 1. The Morgan fingerprint density at radius 3 is 2.47 bits per heavy atom. The molecule has 5 nitrogen and oxygen atoms in total. The highest BCUT2D eigenvalue weighted by Gasteiger charge is 2.23. The molecule has 0 aliphatic rings. The third kappa shape index (κ3) is 3.85. The number of nitrogens with two attached hydrogens (primary N) is 1. The summed E-state index contributed by atoms with van der Waals surface area (Å²) in [4.78, 5) is 1.01. The van der Waals surface area contributed by atoms with Gasteiger partial charge in [-0.25, -0.2) is 21.9 Å². The number of rotatable bonds is 5. The number of anilines is 1. The van der Waals surface area contributed by atoms with Crippen LogP contribution < -0.4 is 10.5 Å². The normalized spacial score (nSPS) is 13.8. The van der Waals surface area contributed by atoms with Crippen LogP contribution in [0.2, 0.25) is 0 Å². The molecule has 19 heavy (non-hydrogen) atoms. The third-order valence-corrected chi connectivity index (χ3v) is 4.18. The molecule has 0 fully saturated rings. The van der Waals surface area contributed by atoms with E-state index in [1.807, 2.05) is 0 Å². The first kappa shape index (κ1) is 15.8. The largest absolute Gasteiger partial charge is 0.399 e. The number of hydrogen-bond donors (Lipinski definition) is 2. The fourth-order valence-corrected chi connectivity index (χ4v) is 2.51. The van der Waals surface area contributed by atoms with Crippen molar-refractivity contribution in [1.82, 2.24) is 9.62 Å². The number of nitrogen functional groups attached to an aromatic ring is 1. The summed E-state index contributed by atoms with van der Waals surface area (Å²) in [6.07, 6.45) is 0. The minimum Gasteiger partial charge on any atom is -0.399 e. The predicted octanol–water partition coefficient (Wildman–Crippen LogP) is 0.775. The summed E-state index contributed by atoms with van der Waals surface area (Å²) >= 11 is 0. The van der Waals surface area contributed by atoms with E-state index in [0.717, 1.165) is 12.1 Å². The highest BCUT2D eigenvalue weighted by Crippen LogP contribution is 2.20. The summed E-state index contributed by atoms with van der Waals surface area (Å²) in [5.41, 5.74) is 5.17. The summed E-state index contributed by atoms with van der Waals surface area (Å²) in [5.74, 6) is -2.72. The van der Waals surface area contributed by atoms with E-state index in [0.29, 0.717) is 0 Å². The van der Waals surface area contributed by atoms with Crippen LogP contribution >= 0.6 is 0 Å². The van der Waals surface area contributed by atoms with Crippen molar-refractivity contribution in [1.29, 1.82) is 0 Å². The van der Waals surface area contributed by atoms with Gasteiger partial charge in [0.25, 0.3) is 0 Å². The molecule has 1 aromatic rings. The first-order valence-electron chi connectivity index (χ1n) is 5.55. The van der Waals surface area contributed by atoms with E-state index in [2.05, 4.69) is 4.72 Å². The van der Waals surface area contributed by atoms with Gasteiger partial charge < -0.3 is 10.6 Å². The molecule has 0 aromatic heterocycles. The van der Waals surface area contributed by atoms with Crippen molar-refractivity contribution in [3.05, 3.63) is 23.8 Å². The van der Waals surface area contributed by atoms with E-state index in [1.54, 1.807) is 25.9 Å². The van der Waals surface area contributed by atoms with Gasteiger partial charge in [0.05, 0.1) is 0 Å². The highest BCUT2D eigenvalue weighted by atomic mass is 32.2. The Bertz CT molecular complexity index is 561. The zero-order valence-electron chi connectivity index (χ0n) is 10.9. The fraction of sp³-hybridized carbons (Fsp3) is 0.455. The van der Waals surface area contributed by atoms with Gasteiger partial charge in [0.15, 0.2) is 11.6 Å². The lowest BCUT2D eigenvalue weighted by atomic mass is 10.3. The maximum Gasteiger partial charge on any atom is 0.243 e. The van der Waals surface area contributed by atoms with Crippen LogP contribution in [0.25, 0.3) is 0 Å². The minimum absolute atomic E-state index is 0.0746. The first-order valence-corrected chi connectivity index (χ1v) is 7.04. The molecule has 0 saturated heterocycles. The van der Waals surface area contributed by atoms with Crippen LogP contribution in [0.15, 0.2) is 17.0 Å². The quantitative estimate of drug-likeness (QED) is 0.787. The summed E-state index contributed by atoms with van der Waals surface area (Å²) in [6.45, 7) is 1.87. The molecule has 0 saturated carbocycles. The zero-order chi connectivity index (χ0) is 14.8. The van der Waals surface area contributed by atoms with Crippen molar-refractivity contribution in [3.63, 3.8) is 0 Å². The Hall–Kier alpha value is -1.25. The lowest BCUT2D eigenvalue weighted by molar-refractivity contribution is 0.313. The van der Waals surface area contributed by atoms with Crippen molar-refractivity contribution in [2.75, 3.05) is 26.4 Å². The molecule has 8 heteroatoms. The van der Waals surface area contributed by atoms with E-state index in [1.165, 1.54) is 0 Å². The molecular weight excluding hydrogens is 276 g/mol. The van der Waals surface area contributed by atoms with Crippen LogP contribution in [0.1, 0.15) is 6.92 Å². The molecule has 3 N–H and O–H groups in total. The van der Waals surface area contributed by atoms with E-state index in [9.17, 15) is 17.2 Å². The summed E-state index contributed by atoms with van der Waals surface area (Å²) < 4.78 is 52.6. The van der Waals surface area contributed by atoms with Crippen molar-refractivity contribution in [3.8, 4) is 0 Å². The van der Waals surface area contributed by atoms with Crippen molar-refractivity contribution in [2.24, 2.45) is 0 Å². The maximum atomic E-state index is 13.5. The number of halogens is 2. The maximum absolute atomic E-state index is 13.5. The smallest absolute Gasteiger partial charge is 0.243 e. The van der Waals surface area contributed by atoms with E-state index in [-0.39, 0.29) is 18.3 Å². The van der Waals surface area contributed by atoms with E-state index in [4.69, 9.17) is 5.73 Å². The number of nitrogens with zero attached hydrogens (tertiary/aromatic N) is 1. The van der Waals surface area contributed by atoms with Crippen LogP contribution in [0.5, 0.6) is 0 Å². The lowest BCUT2D eigenvalue weighted by Gasteiger charge is -2.20. The minimum atomic E-state index is -4.14. The molecule has 108 valence electrons. The predicted molar refractivity (Wildman–Crippen MR) is 69.1 cm³/mol. The van der Waals surface area contributed by atoms with Crippen LogP contribution in [-0.2, 0) is 10.0 Å². The molecule has 0 aliphatic heterocycles. The third-order valence-electron chi connectivity index (χ3n) is 2.76. The van der Waals surface area contributed by atoms with Crippen LogP contribution in [-0.4, -0.2) is 40.0 Å². The van der Waals surface area contributed by atoms with Crippen LogP contribution in [0.3, 0.4) is 0 Å². The lowest BCUT2D eigenvalue weighted by Crippen LogP contribution is -2.38. The van der Waals surface area contributed by atoms with Gasteiger partial charge in [0, 0.05) is 18.3 Å². The Balaban J connectivity index is 3.01. The molecule has 1 atom stereocenters. The molecule has 0 spiro atoms. The number of hydrogen-bond acceptors (Lipinski definition) is 4. The molecule has 0 aliphatic carbocycles. The zero-order valence-corrected chi connectivity index (χ0v) is 11.8. The van der Waals surface area contributed by atoms with Crippen molar-refractivity contribution in [2.45, 2.75) is 17.9 Å². The molecule has 1 unspecified atom stereocenters. The van der Waals surface area contributed by atoms with Gasteiger partial charge >= 0.3 is 0 Å². The summed E-state index contributed by atoms with van der Waals surface area (Å²) in [6, 6.07) is 1.53. The Morgan fingerprint density at radius 2 is 1.95 bits per heavy atom. The Kier molecular flexibility index (Phi) is 4.83. The van der Waals surface area contributed by atoms with Gasteiger partial charge in [-0.1, -0.05) is 0 Å². The first-order chi connectivity index (χ1) is 8.65. The Morgan fingerprint density at radius 1 is 1.37 bits per heavy atom. The molecule has 1 rings (SSSR count). The van der Waals surface area contributed by atoms with Gasteiger partial charge in [0.2, 0.25) is 10.0 Å². The SMILES string of the molecule is CC(CNS(=O)(=O)c1cc(N)cc(F)c1F)N(C)C. The second-order valence-corrected chi connectivity index (χ2v) is 6.21. The molecule has 0 radical (unpaired) electrons. The Labute approximate surface area is 111 Å². The number of benzene rings is 1. The number of sulfonamides is 1. The monoisotopic (exact) mass is 293 g/mol. The average Bonchev–Trinajstić information content (AvgIpc) is 2.30. The van der Waals surface area contributed by atoms with Gasteiger partial charge in [-0.2, -0.15) is 0 Å². The van der Waals surface area contributed by atoms with Crippen LogP contribution in [0, 0.1) is 11.6 Å².